The van der Waals surface area contributed by atoms with Gasteiger partial charge in [0.2, 0.25) is 5.95 Å². The zero-order valence-electron chi connectivity index (χ0n) is 21.0. The van der Waals surface area contributed by atoms with Gasteiger partial charge in [0.25, 0.3) is 0 Å². The lowest BCUT2D eigenvalue weighted by Crippen LogP contribution is -2.43. The Morgan fingerprint density at radius 3 is 2.50 bits per heavy atom. The molecular formula is C28H40N6. The van der Waals surface area contributed by atoms with E-state index in [-0.39, 0.29) is 0 Å². The molecule has 1 aromatic carbocycles. The van der Waals surface area contributed by atoms with E-state index in [4.69, 9.17) is 4.98 Å². The summed E-state index contributed by atoms with van der Waals surface area (Å²) in [7, 11) is 2.21. The van der Waals surface area contributed by atoms with E-state index in [0.717, 1.165) is 62.7 Å². The molecule has 0 radical (unpaired) electrons. The summed E-state index contributed by atoms with van der Waals surface area (Å²) >= 11 is 0. The topological polar surface area (TPSA) is 49.2 Å². The van der Waals surface area contributed by atoms with Crippen LogP contribution in [0.1, 0.15) is 68.9 Å². The predicted molar refractivity (Wildman–Crippen MR) is 141 cm³/mol. The Kier molecular flexibility index (Phi) is 7.45. The number of nitrogens with one attached hydrogen (secondary N) is 1. The Hall–Kier alpha value is -2.44. The monoisotopic (exact) mass is 460 g/mol. The van der Waals surface area contributed by atoms with E-state index in [1.54, 1.807) is 0 Å². The van der Waals surface area contributed by atoms with Crippen molar-refractivity contribution in [3.8, 4) is 5.69 Å². The maximum absolute atomic E-state index is 5.02. The second-order valence-corrected chi connectivity index (χ2v) is 10.2. The molecule has 3 heterocycles. The van der Waals surface area contributed by atoms with E-state index in [0.29, 0.717) is 5.92 Å². The Labute approximate surface area is 204 Å². The number of fused-ring (bicyclic) bond motifs is 1. The van der Waals surface area contributed by atoms with Gasteiger partial charge in [0.15, 0.2) is 0 Å². The molecule has 182 valence electrons. The smallest absolute Gasteiger partial charge is 0.223 e. The molecule has 0 unspecified atom stereocenters. The Morgan fingerprint density at radius 1 is 1.00 bits per heavy atom. The van der Waals surface area contributed by atoms with Gasteiger partial charge in [-0.25, -0.2) is 9.97 Å². The first-order valence-electron chi connectivity index (χ1n) is 13.3. The zero-order chi connectivity index (χ0) is 23.3. The minimum Gasteiger partial charge on any atom is -0.354 e. The van der Waals surface area contributed by atoms with Crippen molar-refractivity contribution in [1.29, 1.82) is 0 Å². The molecule has 6 nitrogen and oxygen atoms in total. The summed E-state index contributed by atoms with van der Waals surface area (Å²) in [5.41, 5.74) is 6.23. The zero-order valence-corrected chi connectivity index (χ0v) is 21.0. The van der Waals surface area contributed by atoms with Crippen molar-refractivity contribution in [2.24, 2.45) is 0 Å². The molecule has 2 aliphatic rings. The SMILES string of the molecule is CCCCNc1ncc2c(n1)c(C1CCCCC1)cn2-c1ccc(CN2CCN(C)CC2)cc1. The van der Waals surface area contributed by atoms with Crippen LogP contribution in [0.5, 0.6) is 0 Å². The number of piperazine rings is 1. The van der Waals surface area contributed by atoms with Gasteiger partial charge >= 0.3 is 0 Å². The van der Waals surface area contributed by atoms with E-state index in [1.807, 2.05) is 6.20 Å². The molecular weight excluding hydrogens is 420 g/mol. The van der Waals surface area contributed by atoms with Crippen LogP contribution in [0.3, 0.4) is 0 Å². The van der Waals surface area contributed by atoms with Crippen molar-refractivity contribution in [3.05, 3.63) is 47.8 Å². The second-order valence-electron chi connectivity index (χ2n) is 10.2. The molecule has 6 heteroatoms. The summed E-state index contributed by atoms with van der Waals surface area (Å²) in [5, 5.41) is 3.43. The molecule has 1 aliphatic carbocycles. The van der Waals surface area contributed by atoms with E-state index in [9.17, 15) is 0 Å². The standard InChI is InChI=1S/C28H40N6/c1-3-4-14-29-28-30-19-26-27(31-28)25(23-8-6-5-7-9-23)21-34(26)24-12-10-22(11-13-24)20-33-17-15-32(2)16-18-33/h10-13,19,21,23H,3-9,14-18,20H2,1-2H3,(H,29,30,31). The van der Waals surface area contributed by atoms with Crippen molar-refractivity contribution in [2.45, 2.75) is 64.3 Å². The number of hydrogen-bond donors (Lipinski definition) is 1. The molecule has 3 aromatic rings. The van der Waals surface area contributed by atoms with E-state index in [1.165, 1.54) is 55.3 Å². The van der Waals surface area contributed by atoms with Crippen molar-refractivity contribution in [2.75, 3.05) is 45.1 Å². The largest absolute Gasteiger partial charge is 0.354 e. The van der Waals surface area contributed by atoms with Crippen molar-refractivity contribution < 1.29 is 0 Å². The summed E-state index contributed by atoms with van der Waals surface area (Å²) in [6, 6.07) is 9.12. The molecule has 1 N–H and O–H groups in total. The van der Waals surface area contributed by atoms with Crippen LogP contribution in [0.15, 0.2) is 36.7 Å². The highest BCUT2D eigenvalue weighted by Crippen LogP contribution is 2.37. The number of benzene rings is 1. The average Bonchev–Trinajstić information content (AvgIpc) is 3.25. The van der Waals surface area contributed by atoms with Crippen LogP contribution in [0, 0.1) is 0 Å². The van der Waals surface area contributed by atoms with Crippen LogP contribution >= 0.6 is 0 Å². The first-order chi connectivity index (χ1) is 16.7. The number of nitrogens with zero attached hydrogens (tertiary/aromatic N) is 5. The summed E-state index contributed by atoms with van der Waals surface area (Å²) < 4.78 is 2.31. The number of anilines is 1. The molecule has 34 heavy (non-hydrogen) atoms. The molecule has 1 saturated carbocycles. The Morgan fingerprint density at radius 2 is 1.76 bits per heavy atom. The fourth-order valence-electron chi connectivity index (χ4n) is 5.45. The van der Waals surface area contributed by atoms with Gasteiger partial charge in [-0.2, -0.15) is 0 Å². The molecule has 2 aromatic heterocycles. The fraction of sp³-hybridized carbons (Fsp3) is 0.571. The van der Waals surface area contributed by atoms with Gasteiger partial charge in [-0.3, -0.25) is 4.90 Å². The second kappa shape index (κ2) is 10.9. The number of likely N-dealkylation sites (N-methyl/N-ethyl adjacent to an activating group) is 1. The Balaban J connectivity index is 1.41. The van der Waals surface area contributed by atoms with Gasteiger partial charge in [-0.15, -0.1) is 0 Å². The molecule has 0 amide bonds. The highest BCUT2D eigenvalue weighted by molar-refractivity contribution is 5.82. The number of unbranched alkanes of at least 4 members (excludes halogenated alkanes) is 1. The first-order valence-corrected chi connectivity index (χ1v) is 13.3. The van der Waals surface area contributed by atoms with Gasteiger partial charge in [0.05, 0.1) is 17.2 Å². The molecule has 0 atom stereocenters. The lowest BCUT2D eigenvalue weighted by atomic mass is 9.85. The third kappa shape index (κ3) is 5.28. The van der Waals surface area contributed by atoms with Crippen LogP contribution in [-0.4, -0.2) is 64.1 Å². The van der Waals surface area contributed by atoms with E-state index < -0.39 is 0 Å². The molecule has 0 bridgehead atoms. The summed E-state index contributed by atoms with van der Waals surface area (Å²) in [5.74, 6) is 1.37. The van der Waals surface area contributed by atoms with Crippen molar-refractivity contribution >= 4 is 17.0 Å². The molecule has 2 fully saturated rings. The summed E-state index contributed by atoms with van der Waals surface area (Å²) in [6.07, 6.45) is 13.2. The highest BCUT2D eigenvalue weighted by Gasteiger charge is 2.22. The van der Waals surface area contributed by atoms with Crippen LogP contribution in [0.2, 0.25) is 0 Å². The maximum atomic E-state index is 5.02. The van der Waals surface area contributed by atoms with E-state index >= 15 is 0 Å². The summed E-state index contributed by atoms with van der Waals surface area (Å²) in [6.45, 7) is 8.79. The minimum absolute atomic E-state index is 0.604. The minimum atomic E-state index is 0.604. The van der Waals surface area contributed by atoms with E-state index in [2.05, 4.69) is 69.1 Å². The Bertz CT molecular complexity index is 1060. The number of hydrogen-bond acceptors (Lipinski definition) is 5. The third-order valence-electron chi connectivity index (χ3n) is 7.65. The van der Waals surface area contributed by atoms with Gasteiger partial charge in [-0.05, 0) is 55.5 Å². The normalized spacial score (nSPS) is 18.5. The van der Waals surface area contributed by atoms with Crippen LogP contribution in [0.4, 0.5) is 5.95 Å². The molecule has 0 spiro atoms. The molecule has 5 rings (SSSR count). The summed E-state index contributed by atoms with van der Waals surface area (Å²) in [4.78, 5) is 14.7. The van der Waals surface area contributed by atoms with Crippen molar-refractivity contribution in [3.63, 3.8) is 0 Å². The van der Waals surface area contributed by atoms with Gasteiger partial charge < -0.3 is 14.8 Å². The highest BCUT2D eigenvalue weighted by atomic mass is 15.2. The number of aromatic nitrogens is 3. The predicted octanol–water partition coefficient (Wildman–Crippen LogP) is 5.43. The maximum Gasteiger partial charge on any atom is 0.223 e. The van der Waals surface area contributed by atoms with Gasteiger partial charge in [0.1, 0.15) is 0 Å². The van der Waals surface area contributed by atoms with Crippen LogP contribution < -0.4 is 5.32 Å². The lowest BCUT2D eigenvalue weighted by molar-refractivity contribution is 0.148. The van der Waals surface area contributed by atoms with Crippen molar-refractivity contribution in [1.82, 2.24) is 24.3 Å². The molecule has 1 aliphatic heterocycles. The van der Waals surface area contributed by atoms with Crippen LogP contribution in [-0.2, 0) is 6.54 Å². The third-order valence-corrected chi connectivity index (χ3v) is 7.65. The van der Waals surface area contributed by atoms with Gasteiger partial charge in [-0.1, -0.05) is 44.7 Å². The quantitative estimate of drug-likeness (QED) is 0.455. The fourth-order valence-corrected chi connectivity index (χ4v) is 5.45. The first kappa shape index (κ1) is 23.3. The molecule has 1 saturated heterocycles. The lowest BCUT2D eigenvalue weighted by Gasteiger charge is -2.32. The average molecular weight is 461 g/mol. The van der Waals surface area contributed by atoms with Crippen LogP contribution in [0.25, 0.3) is 16.7 Å². The number of rotatable bonds is 8. The van der Waals surface area contributed by atoms with Gasteiger partial charge in [0, 0.05) is 51.2 Å².